The fourth-order valence-corrected chi connectivity index (χ4v) is 3.55. The summed E-state index contributed by atoms with van der Waals surface area (Å²) in [7, 11) is 0. The van der Waals surface area contributed by atoms with E-state index in [9.17, 15) is 18.0 Å². The van der Waals surface area contributed by atoms with Crippen molar-refractivity contribution in [2.24, 2.45) is 5.92 Å². The lowest BCUT2D eigenvalue weighted by Gasteiger charge is -2.31. The molecule has 1 aromatic rings. The van der Waals surface area contributed by atoms with Gasteiger partial charge in [0.05, 0.1) is 23.8 Å². The highest BCUT2D eigenvalue weighted by molar-refractivity contribution is 7.99. The molecular weight excluding hydrogens is 303 g/mol. The smallest absolute Gasteiger partial charge is 0.381 e. The van der Waals surface area contributed by atoms with Gasteiger partial charge in [0, 0.05) is 23.8 Å². The van der Waals surface area contributed by atoms with E-state index in [4.69, 9.17) is 4.74 Å². The van der Waals surface area contributed by atoms with E-state index in [2.05, 4.69) is 0 Å². The number of ether oxygens (including phenoxy) is 1. The summed E-state index contributed by atoms with van der Waals surface area (Å²) in [6.45, 7) is 1.33. The van der Waals surface area contributed by atoms with Crippen LogP contribution in [0, 0.1) is 5.92 Å². The molecule has 0 saturated carbocycles. The predicted octanol–water partition coefficient (Wildman–Crippen LogP) is 3.18. The van der Waals surface area contributed by atoms with Gasteiger partial charge in [0.2, 0.25) is 5.91 Å². The predicted molar refractivity (Wildman–Crippen MR) is 73.4 cm³/mol. The van der Waals surface area contributed by atoms with Crippen molar-refractivity contribution in [2.75, 3.05) is 30.4 Å². The zero-order valence-corrected chi connectivity index (χ0v) is 12.0. The molecule has 1 amide bonds. The number of rotatable bonds is 1. The molecule has 114 valence electrons. The number of carbonyl (C=O) groups is 1. The highest BCUT2D eigenvalue weighted by atomic mass is 32.2. The van der Waals surface area contributed by atoms with Crippen LogP contribution in [0.2, 0.25) is 0 Å². The third-order valence-corrected chi connectivity index (χ3v) is 4.74. The summed E-state index contributed by atoms with van der Waals surface area (Å²) in [4.78, 5) is 14.7. The number of halogens is 3. The van der Waals surface area contributed by atoms with Crippen LogP contribution in [0.15, 0.2) is 23.1 Å². The van der Waals surface area contributed by atoms with Gasteiger partial charge < -0.3 is 9.64 Å². The van der Waals surface area contributed by atoms with Crippen LogP contribution in [0.5, 0.6) is 0 Å². The van der Waals surface area contributed by atoms with Gasteiger partial charge in [-0.05, 0) is 24.6 Å². The number of hydrogen-bond acceptors (Lipinski definition) is 3. The van der Waals surface area contributed by atoms with Crippen molar-refractivity contribution in [1.29, 1.82) is 0 Å². The minimum atomic E-state index is -4.40. The standard InChI is InChI=1S/C14H14F3NO2S/c15-14(16,17)10-1-2-12-11(7-10)18(4-6-21-12)13(19)9-3-5-20-8-9/h1-2,7,9H,3-6,8H2/t9-/m1/s1. The van der Waals surface area contributed by atoms with Gasteiger partial charge in [-0.15, -0.1) is 11.8 Å². The molecule has 1 saturated heterocycles. The van der Waals surface area contributed by atoms with E-state index in [1.54, 1.807) is 0 Å². The molecule has 0 unspecified atom stereocenters. The largest absolute Gasteiger partial charge is 0.416 e. The Bertz CT molecular complexity index is 556. The molecule has 0 bridgehead atoms. The molecule has 0 aliphatic carbocycles. The molecule has 1 aromatic carbocycles. The van der Waals surface area contributed by atoms with E-state index in [1.165, 1.54) is 22.7 Å². The first kappa shape index (κ1) is 14.7. The number of amides is 1. The van der Waals surface area contributed by atoms with E-state index < -0.39 is 11.7 Å². The fourth-order valence-electron chi connectivity index (χ4n) is 2.57. The Balaban J connectivity index is 1.94. The molecule has 1 atom stereocenters. The van der Waals surface area contributed by atoms with Gasteiger partial charge in [-0.25, -0.2) is 0 Å². The Morgan fingerprint density at radius 3 is 2.86 bits per heavy atom. The maximum Gasteiger partial charge on any atom is 0.416 e. The third-order valence-electron chi connectivity index (χ3n) is 3.69. The molecule has 7 heteroatoms. The van der Waals surface area contributed by atoms with Crippen LogP contribution in [-0.4, -0.2) is 31.4 Å². The van der Waals surface area contributed by atoms with Gasteiger partial charge in [0.25, 0.3) is 0 Å². The van der Waals surface area contributed by atoms with Gasteiger partial charge in [0.15, 0.2) is 0 Å². The van der Waals surface area contributed by atoms with E-state index in [-0.39, 0.29) is 11.8 Å². The maximum absolute atomic E-state index is 12.9. The highest BCUT2D eigenvalue weighted by Gasteiger charge is 2.35. The Morgan fingerprint density at radius 2 is 2.19 bits per heavy atom. The lowest BCUT2D eigenvalue weighted by molar-refractivity contribution is -0.137. The van der Waals surface area contributed by atoms with E-state index in [0.717, 1.165) is 17.0 Å². The van der Waals surface area contributed by atoms with Gasteiger partial charge in [-0.1, -0.05) is 0 Å². The first-order valence-corrected chi connectivity index (χ1v) is 7.68. The van der Waals surface area contributed by atoms with Crippen molar-refractivity contribution in [3.63, 3.8) is 0 Å². The summed E-state index contributed by atoms with van der Waals surface area (Å²) in [6, 6.07) is 3.60. The monoisotopic (exact) mass is 317 g/mol. The molecule has 0 aromatic heterocycles. The summed E-state index contributed by atoms with van der Waals surface area (Å²) in [5.74, 6) is 0.321. The van der Waals surface area contributed by atoms with Gasteiger partial charge >= 0.3 is 6.18 Å². The minimum absolute atomic E-state index is 0.131. The second-order valence-electron chi connectivity index (χ2n) is 5.08. The molecule has 1 fully saturated rings. The number of thioether (sulfide) groups is 1. The van der Waals surface area contributed by atoms with Crippen molar-refractivity contribution in [3.05, 3.63) is 23.8 Å². The number of alkyl halides is 3. The molecule has 2 heterocycles. The fraction of sp³-hybridized carbons (Fsp3) is 0.500. The molecule has 2 aliphatic rings. The number of nitrogens with zero attached hydrogens (tertiary/aromatic N) is 1. The molecule has 3 nitrogen and oxygen atoms in total. The number of hydrogen-bond donors (Lipinski definition) is 0. The SMILES string of the molecule is O=C([C@@H]1CCOC1)N1CCSc2ccc(C(F)(F)F)cc21. The summed E-state index contributed by atoms with van der Waals surface area (Å²) < 4.78 is 43.8. The van der Waals surface area contributed by atoms with Crippen LogP contribution in [-0.2, 0) is 15.7 Å². The summed E-state index contributed by atoms with van der Waals surface area (Å²) in [6.07, 6.45) is -3.76. The molecule has 3 rings (SSSR count). The Hall–Kier alpha value is -1.21. The first-order chi connectivity index (χ1) is 9.97. The summed E-state index contributed by atoms with van der Waals surface area (Å²) >= 11 is 1.48. The topological polar surface area (TPSA) is 29.5 Å². The van der Waals surface area contributed by atoms with Crippen molar-refractivity contribution in [1.82, 2.24) is 0 Å². The van der Waals surface area contributed by atoms with Crippen molar-refractivity contribution < 1.29 is 22.7 Å². The molecule has 21 heavy (non-hydrogen) atoms. The second-order valence-corrected chi connectivity index (χ2v) is 6.22. The minimum Gasteiger partial charge on any atom is -0.381 e. The Labute approximate surface area is 124 Å². The quantitative estimate of drug-likeness (QED) is 0.797. The van der Waals surface area contributed by atoms with E-state index in [0.29, 0.717) is 37.6 Å². The molecule has 0 radical (unpaired) electrons. The van der Waals surface area contributed by atoms with Crippen molar-refractivity contribution in [2.45, 2.75) is 17.5 Å². The average molecular weight is 317 g/mol. The van der Waals surface area contributed by atoms with Gasteiger partial charge in [-0.3, -0.25) is 4.79 Å². The first-order valence-electron chi connectivity index (χ1n) is 6.70. The number of fused-ring (bicyclic) bond motifs is 1. The van der Waals surface area contributed by atoms with E-state index >= 15 is 0 Å². The molecule has 2 aliphatic heterocycles. The second kappa shape index (κ2) is 5.53. The number of carbonyl (C=O) groups excluding carboxylic acids is 1. The number of benzene rings is 1. The summed E-state index contributed by atoms with van der Waals surface area (Å²) in [5.41, 5.74) is -0.345. The zero-order chi connectivity index (χ0) is 15.0. The van der Waals surface area contributed by atoms with Crippen molar-refractivity contribution in [3.8, 4) is 0 Å². The molecule has 0 N–H and O–H groups in total. The lowest BCUT2D eigenvalue weighted by atomic mass is 10.1. The zero-order valence-electron chi connectivity index (χ0n) is 11.2. The summed E-state index contributed by atoms with van der Waals surface area (Å²) in [5, 5.41) is 0. The number of anilines is 1. The highest BCUT2D eigenvalue weighted by Crippen LogP contribution is 2.40. The normalized spacial score (nSPS) is 22.2. The Kier molecular flexibility index (Phi) is 3.88. The van der Waals surface area contributed by atoms with Gasteiger partial charge in [-0.2, -0.15) is 13.2 Å². The Morgan fingerprint density at radius 1 is 1.38 bits per heavy atom. The van der Waals surface area contributed by atoms with Crippen LogP contribution in [0.3, 0.4) is 0 Å². The lowest BCUT2D eigenvalue weighted by Crippen LogP contribution is -2.40. The van der Waals surface area contributed by atoms with Crippen molar-refractivity contribution >= 4 is 23.4 Å². The van der Waals surface area contributed by atoms with Crippen LogP contribution in [0.4, 0.5) is 18.9 Å². The van der Waals surface area contributed by atoms with Crippen LogP contribution >= 0.6 is 11.8 Å². The molecular formula is C14H14F3NO2S. The average Bonchev–Trinajstić information content (AvgIpc) is 2.98. The van der Waals surface area contributed by atoms with Crippen LogP contribution in [0.25, 0.3) is 0 Å². The maximum atomic E-state index is 12.9. The van der Waals surface area contributed by atoms with Crippen LogP contribution in [0.1, 0.15) is 12.0 Å². The van der Waals surface area contributed by atoms with E-state index in [1.807, 2.05) is 0 Å². The van der Waals surface area contributed by atoms with Gasteiger partial charge in [0.1, 0.15) is 0 Å². The van der Waals surface area contributed by atoms with Crippen LogP contribution < -0.4 is 4.90 Å². The third kappa shape index (κ3) is 2.89. The molecule has 0 spiro atoms.